The molecular formula is C13H23O11+. The van der Waals surface area contributed by atoms with E-state index in [1.807, 2.05) is 0 Å². The van der Waals surface area contributed by atoms with E-state index in [4.69, 9.17) is 19.3 Å². The lowest BCUT2D eigenvalue weighted by molar-refractivity contribution is -0.355. The number of hydrogen-bond acceptors (Lipinski definition) is 11. The summed E-state index contributed by atoms with van der Waals surface area (Å²) in [7, 11) is 3.08. The van der Waals surface area contributed by atoms with Gasteiger partial charge in [-0.25, -0.2) is 0 Å². The molecule has 24 heavy (non-hydrogen) atoms. The number of ether oxygens (including phenoxy) is 4. The summed E-state index contributed by atoms with van der Waals surface area (Å²) >= 11 is 0. The van der Waals surface area contributed by atoms with Crippen molar-refractivity contribution in [1.29, 1.82) is 0 Å². The third kappa shape index (κ3) is 3.66. The maximum absolute atomic E-state index is 10.1. The summed E-state index contributed by atoms with van der Waals surface area (Å²) in [6.45, 7) is -1.27. The first-order chi connectivity index (χ1) is 11.3. The van der Waals surface area contributed by atoms with Crippen molar-refractivity contribution in [2.24, 2.45) is 0 Å². The molecule has 0 amide bonds. The maximum atomic E-state index is 10.1. The van der Waals surface area contributed by atoms with Gasteiger partial charge in [0.25, 0.3) is 0 Å². The molecule has 2 rings (SSSR count). The van der Waals surface area contributed by atoms with Crippen LogP contribution in [0, 0.1) is 7.11 Å². The molecule has 0 saturated carbocycles. The molecule has 0 bridgehead atoms. The lowest BCUT2D eigenvalue weighted by Crippen LogP contribution is -2.64. The average molecular weight is 355 g/mol. The quantitative estimate of drug-likeness (QED) is 0.236. The zero-order valence-electron chi connectivity index (χ0n) is 12.7. The van der Waals surface area contributed by atoms with E-state index in [0.29, 0.717) is 0 Å². The minimum atomic E-state index is -1.70. The molecule has 0 aromatic carbocycles. The second-order valence-corrected chi connectivity index (χ2v) is 5.67. The molecule has 0 aromatic rings. The van der Waals surface area contributed by atoms with Gasteiger partial charge in [0.05, 0.1) is 13.2 Å². The predicted molar refractivity (Wildman–Crippen MR) is 72.8 cm³/mol. The van der Waals surface area contributed by atoms with Gasteiger partial charge in [0.2, 0.25) is 13.4 Å². The molecular weight excluding hydrogens is 332 g/mol. The van der Waals surface area contributed by atoms with Gasteiger partial charge in [-0.3, -0.25) is 0 Å². The van der Waals surface area contributed by atoms with Crippen LogP contribution in [0.1, 0.15) is 0 Å². The highest BCUT2D eigenvalue weighted by Gasteiger charge is 2.51. The van der Waals surface area contributed by atoms with Crippen molar-refractivity contribution in [2.75, 3.05) is 13.2 Å². The molecule has 2 aliphatic heterocycles. The monoisotopic (exact) mass is 355 g/mol. The molecule has 0 spiro atoms. The lowest BCUT2D eigenvalue weighted by Gasteiger charge is -2.45. The molecule has 2 heterocycles. The number of aliphatic hydroxyl groups is 7. The van der Waals surface area contributed by atoms with Gasteiger partial charge in [0.15, 0.2) is 6.29 Å². The highest BCUT2D eigenvalue weighted by Crippen LogP contribution is 2.29. The van der Waals surface area contributed by atoms with E-state index in [9.17, 15) is 30.6 Å². The Labute approximate surface area is 137 Å². The lowest BCUT2D eigenvalue weighted by atomic mass is 9.97. The fraction of sp³-hybridized carbons (Fsp3) is 0.923. The summed E-state index contributed by atoms with van der Waals surface area (Å²) in [5, 5.41) is 67.9. The normalized spacial score (nSPS) is 50.0. The van der Waals surface area contributed by atoms with E-state index in [2.05, 4.69) is 11.8 Å². The molecule has 2 aliphatic rings. The minimum absolute atomic E-state index is 0.619. The minimum Gasteiger partial charge on any atom is -0.394 e. The highest BCUT2D eigenvalue weighted by atomic mass is 16.7. The van der Waals surface area contributed by atoms with Crippen molar-refractivity contribution >= 4 is 0 Å². The van der Waals surface area contributed by atoms with Crippen LogP contribution in [-0.2, 0) is 18.9 Å². The Balaban J connectivity index is 2.12. The average Bonchev–Trinajstić information content (AvgIpc) is 2.59. The van der Waals surface area contributed by atoms with Gasteiger partial charge in [-0.1, -0.05) is 0 Å². The van der Waals surface area contributed by atoms with Crippen LogP contribution in [0.3, 0.4) is 0 Å². The van der Waals surface area contributed by atoms with Crippen molar-refractivity contribution in [1.82, 2.24) is 0 Å². The van der Waals surface area contributed by atoms with Gasteiger partial charge in [-0.2, -0.15) is 4.74 Å². The van der Waals surface area contributed by atoms with Crippen molar-refractivity contribution < 1.29 is 54.7 Å². The largest absolute Gasteiger partial charge is 0.394 e. The first-order valence-corrected chi connectivity index (χ1v) is 7.35. The van der Waals surface area contributed by atoms with Crippen LogP contribution < -0.4 is 0 Å². The van der Waals surface area contributed by atoms with E-state index >= 15 is 0 Å². The summed E-state index contributed by atoms with van der Waals surface area (Å²) in [6, 6.07) is 0. The summed E-state index contributed by atoms with van der Waals surface area (Å²) < 4.78 is 20.3. The molecule has 11 heteroatoms. The standard InChI is InChI=1S/C13H23O11/c1-21-12-10(20)8(18)11(5(3-15)23-12)24-13-9(19)7(17)6(16)4(2-14)22-13/h4-20H,1-3H2/q+1/t4-,5-,6-,7+,8-,9-,10-,11-,12-,13-/m1/s1. The van der Waals surface area contributed by atoms with Gasteiger partial charge in [-0.15, -0.1) is 0 Å². The Morgan fingerprint density at radius 1 is 0.708 bits per heavy atom. The van der Waals surface area contributed by atoms with Crippen molar-refractivity contribution in [2.45, 2.75) is 61.4 Å². The highest BCUT2D eigenvalue weighted by molar-refractivity contribution is 4.93. The molecule has 0 aliphatic carbocycles. The smallest absolute Gasteiger partial charge is 0.236 e. The van der Waals surface area contributed by atoms with Crippen molar-refractivity contribution in [3.63, 3.8) is 0 Å². The van der Waals surface area contributed by atoms with E-state index in [-0.39, 0.29) is 0 Å². The second kappa shape index (κ2) is 8.21. The van der Waals surface area contributed by atoms with Crippen LogP contribution in [0.15, 0.2) is 0 Å². The predicted octanol–water partition coefficient (Wildman–Crippen LogP) is -4.58. The van der Waals surface area contributed by atoms with Gasteiger partial charge < -0.3 is 50.0 Å². The molecule has 0 unspecified atom stereocenters. The Hall–Kier alpha value is -0.570. The molecule has 7 N–H and O–H groups in total. The third-order valence-electron chi connectivity index (χ3n) is 4.12. The van der Waals surface area contributed by atoms with E-state index in [0.717, 1.165) is 0 Å². The van der Waals surface area contributed by atoms with Crippen LogP contribution >= 0.6 is 0 Å². The van der Waals surface area contributed by atoms with Gasteiger partial charge in [0.1, 0.15) is 48.8 Å². The van der Waals surface area contributed by atoms with Crippen LogP contribution in [0.4, 0.5) is 0 Å². The van der Waals surface area contributed by atoms with Crippen molar-refractivity contribution in [3.8, 4) is 0 Å². The zero-order chi connectivity index (χ0) is 18.0. The van der Waals surface area contributed by atoms with Crippen LogP contribution in [0.2, 0.25) is 0 Å². The number of hydrogen-bond donors (Lipinski definition) is 7. The number of rotatable bonds is 5. The van der Waals surface area contributed by atoms with E-state index < -0.39 is 74.6 Å². The fourth-order valence-corrected chi connectivity index (χ4v) is 2.69. The summed E-state index contributed by atoms with van der Waals surface area (Å²) in [5.41, 5.74) is 0. The summed E-state index contributed by atoms with van der Waals surface area (Å²) in [6.07, 6.45) is -14.6. The summed E-state index contributed by atoms with van der Waals surface area (Å²) in [4.78, 5) is 0. The molecule has 2 fully saturated rings. The SMILES string of the molecule is [CH2+]O[C@@H]1O[C@H](CO)[C@@H](O[C@H]2O[C@H](CO)[C@@H](O)[C@H](O)[C@H]2O)[C@H](O)[C@H]1O. The molecule has 11 nitrogen and oxygen atoms in total. The second-order valence-electron chi connectivity index (χ2n) is 5.67. The van der Waals surface area contributed by atoms with Gasteiger partial charge in [0, 0.05) is 0 Å². The first kappa shape index (κ1) is 19.8. The molecule has 0 radical (unpaired) electrons. The Morgan fingerprint density at radius 3 is 1.79 bits per heavy atom. The van der Waals surface area contributed by atoms with Gasteiger partial charge in [-0.05, 0) is 0 Å². The fourth-order valence-electron chi connectivity index (χ4n) is 2.69. The molecule has 2 saturated heterocycles. The Bertz CT molecular complexity index is 392. The first-order valence-electron chi connectivity index (χ1n) is 7.35. The van der Waals surface area contributed by atoms with Gasteiger partial charge >= 0.3 is 0 Å². The van der Waals surface area contributed by atoms with E-state index in [1.54, 1.807) is 0 Å². The number of aliphatic hydroxyl groups excluding tert-OH is 7. The topological polar surface area (TPSA) is 179 Å². The summed E-state index contributed by atoms with van der Waals surface area (Å²) in [5.74, 6) is 0. The van der Waals surface area contributed by atoms with Crippen molar-refractivity contribution in [3.05, 3.63) is 7.11 Å². The molecule has 10 atom stereocenters. The third-order valence-corrected chi connectivity index (χ3v) is 4.12. The van der Waals surface area contributed by atoms with Crippen LogP contribution in [0.25, 0.3) is 0 Å². The molecule has 0 aromatic heterocycles. The van der Waals surface area contributed by atoms with Crippen LogP contribution in [0.5, 0.6) is 0 Å². The molecule has 140 valence electrons. The van der Waals surface area contributed by atoms with E-state index in [1.165, 1.54) is 0 Å². The zero-order valence-corrected chi connectivity index (χ0v) is 12.7. The Morgan fingerprint density at radius 2 is 1.25 bits per heavy atom. The van der Waals surface area contributed by atoms with Crippen LogP contribution in [-0.4, -0.2) is 110 Å². The maximum Gasteiger partial charge on any atom is 0.236 e. The Kier molecular flexibility index (Phi) is 6.75.